The number of hydrogen-bond donors (Lipinski definition) is 0. The van der Waals surface area contributed by atoms with Gasteiger partial charge in [-0.2, -0.15) is 5.06 Å². The zero-order valence-electron chi connectivity index (χ0n) is 13.9. The van der Waals surface area contributed by atoms with E-state index in [-0.39, 0.29) is 19.1 Å². The van der Waals surface area contributed by atoms with Crippen molar-refractivity contribution in [3.63, 3.8) is 0 Å². The van der Waals surface area contributed by atoms with Crippen molar-refractivity contribution in [3.05, 3.63) is 69.7 Å². The van der Waals surface area contributed by atoms with Crippen LogP contribution in [0.15, 0.2) is 48.5 Å². The molecule has 1 heterocycles. The maximum absolute atomic E-state index is 12.5. The van der Waals surface area contributed by atoms with Gasteiger partial charge in [0.1, 0.15) is 13.2 Å². The van der Waals surface area contributed by atoms with Gasteiger partial charge >= 0.3 is 6.09 Å². The highest BCUT2D eigenvalue weighted by Crippen LogP contribution is 2.36. The molecular weight excluding hydrogens is 379 g/mol. The van der Waals surface area contributed by atoms with Crippen LogP contribution < -0.4 is 0 Å². The van der Waals surface area contributed by atoms with Crippen LogP contribution in [0.4, 0.5) is 4.79 Å². The van der Waals surface area contributed by atoms with E-state index >= 15 is 0 Å². The first-order chi connectivity index (χ1) is 12.5. The van der Waals surface area contributed by atoms with Crippen LogP contribution in [-0.2, 0) is 21.0 Å². The first-order valence-electron chi connectivity index (χ1n) is 7.79. The van der Waals surface area contributed by atoms with Gasteiger partial charge in [-0.1, -0.05) is 59.6 Å². The highest BCUT2D eigenvalue weighted by molar-refractivity contribution is 6.35. The first kappa shape index (κ1) is 18.5. The average Bonchev–Trinajstić information content (AvgIpc) is 2.96. The third kappa shape index (κ3) is 3.77. The molecule has 1 aliphatic heterocycles. The SMILES string of the molecule is COC(=O)N1CC(=O)N(OCc2ccccc2)[C@H]1c1ccc(Cl)cc1Cl. The standard InChI is InChI=1S/C18H16Cl2N2O4/c1-25-18(24)21-10-16(23)22(26-11-12-5-3-2-4-6-12)17(21)14-8-7-13(19)9-15(14)20/h2-9,17H,10-11H2,1H3/t17-/m0/s1. The molecule has 0 aliphatic carbocycles. The summed E-state index contributed by atoms with van der Waals surface area (Å²) < 4.78 is 4.79. The molecule has 2 aromatic carbocycles. The predicted molar refractivity (Wildman–Crippen MR) is 96.4 cm³/mol. The fraction of sp³-hybridized carbons (Fsp3) is 0.222. The Balaban J connectivity index is 1.92. The van der Waals surface area contributed by atoms with Crippen LogP contribution in [0.5, 0.6) is 0 Å². The Morgan fingerprint density at radius 1 is 1.19 bits per heavy atom. The summed E-state index contributed by atoms with van der Waals surface area (Å²) in [6, 6.07) is 14.2. The van der Waals surface area contributed by atoms with Crippen molar-refractivity contribution in [1.29, 1.82) is 0 Å². The summed E-state index contributed by atoms with van der Waals surface area (Å²) in [4.78, 5) is 31.6. The van der Waals surface area contributed by atoms with E-state index in [0.29, 0.717) is 15.6 Å². The molecule has 136 valence electrons. The van der Waals surface area contributed by atoms with Crippen molar-refractivity contribution in [3.8, 4) is 0 Å². The van der Waals surface area contributed by atoms with E-state index in [1.807, 2.05) is 30.3 Å². The Bertz CT molecular complexity index is 816. The molecule has 0 unspecified atom stereocenters. The van der Waals surface area contributed by atoms with Gasteiger partial charge in [0.05, 0.1) is 7.11 Å². The van der Waals surface area contributed by atoms with Gasteiger partial charge in [0.2, 0.25) is 0 Å². The number of ether oxygens (including phenoxy) is 1. The lowest BCUT2D eigenvalue weighted by Gasteiger charge is -2.29. The van der Waals surface area contributed by atoms with Gasteiger partial charge in [-0.05, 0) is 17.7 Å². The maximum Gasteiger partial charge on any atom is 0.411 e. The number of hydrogen-bond acceptors (Lipinski definition) is 4. The molecule has 3 rings (SSSR count). The van der Waals surface area contributed by atoms with Gasteiger partial charge in [-0.3, -0.25) is 14.5 Å². The summed E-state index contributed by atoms with van der Waals surface area (Å²) in [5.41, 5.74) is 1.40. The summed E-state index contributed by atoms with van der Waals surface area (Å²) >= 11 is 12.3. The molecule has 26 heavy (non-hydrogen) atoms. The Hall–Kier alpha value is -2.28. The highest BCUT2D eigenvalue weighted by atomic mass is 35.5. The van der Waals surface area contributed by atoms with Crippen molar-refractivity contribution in [2.45, 2.75) is 12.8 Å². The van der Waals surface area contributed by atoms with E-state index < -0.39 is 12.3 Å². The lowest BCUT2D eigenvalue weighted by Crippen LogP contribution is -2.35. The summed E-state index contributed by atoms with van der Waals surface area (Å²) in [6.45, 7) is -0.00557. The Morgan fingerprint density at radius 3 is 2.58 bits per heavy atom. The van der Waals surface area contributed by atoms with Crippen molar-refractivity contribution < 1.29 is 19.2 Å². The second-order valence-corrected chi connectivity index (χ2v) is 6.46. The molecule has 1 fully saturated rings. The van der Waals surface area contributed by atoms with Crippen LogP contribution in [0.2, 0.25) is 10.0 Å². The molecule has 1 atom stereocenters. The third-order valence-electron chi connectivity index (χ3n) is 3.93. The minimum atomic E-state index is -0.844. The van der Waals surface area contributed by atoms with Crippen molar-refractivity contribution >= 4 is 35.2 Å². The molecule has 8 heteroatoms. The molecule has 0 N–H and O–H groups in total. The maximum atomic E-state index is 12.5. The molecule has 0 bridgehead atoms. The van der Waals surface area contributed by atoms with Gasteiger partial charge < -0.3 is 4.74 Å². The minimum absolute atomic E-state index is 0.170. The van der Waals surface area contributed by atoms with E-state index in [2.05, 4.69) is 0 Å². The number of methoxy groups -OCH3 is 1. The van der Waals surface area contributed by atoms with Crippen LogP contribution in [0, 0.1) is 0 Å². The second kappa shape index (κ2) is 7.95. The van der Waals surface area contributed by atoms with Crippen molar-refractivity contribution in [2.24, 2.45) is 0 Å². The van der Waals surface area contributed by atoms with Crippen LogP contribution in [0.25, 0.3) is 0 Å². The number of carbonyl (C=O) groups is 2. The van der Waals surface area contributed by atoms with Gasteiger partial charge in [0.25, 0.3) is 5.91 Å². The topological polar surface area (TPSA) is 59.1 Å². The van der Waals surface area contributed by atoms with E-state index in [9.17, 15) is 9.59 Å². The zero-order chi connectivity index (χ0) is 18.7. The van der Waals surface area contributed by atoms with Crippen LogP contribution in [0.3, 0.4) is 0 Å². The fourth-order valence-corrected chi connectivity index (χ4v) is 3.22. The number of rotatable bonds is 4. The largest absolute Gasteiger partial charge is 0.453 e. The van der Waals surface area contributed by atoms with Gasteiger partial charge in [-0.15, -0.1) is 0 Å². The normalized spacial score (nSPS) is 16.9. The fourth-order valence-electron chi connectivity index (χ4n) is 2.71. The van der Waals surface area contributed by atoms with Crippen molar-refractivity contribution in [2.75, 3.05) is 13.7 Å². The second-order valence-electron chi connectivity index (χ2n) is 5.62. The van der Waals surface area contributed by atoms with Gasteiger partial charge in [-0.25, -0.2) is 4.79 Å². The van der Waals surface area contributed by atoms with Gasteiger partial charge in [0, 0.05) is 15.6 Å². The number of amides is 2. The molecule has 0 spiro atoms. The van der Waals surface area contributed by atoms with E-state index in [1.54, 1.807) is 18.2 Å². The summed E-state index contributed by atoms with van der Waals surface area (Å²) in [5.74, 6) is -0.373. The predicted octanol–water partition coefficient (Wildman–Crippen LogP) is 4.03. The number of nitrogens with zero attached hydrogens (tertiary/aromatic N) is 2. The Labute approximate surface area is 160 Å². The number of hydroxylamine groups is 2. The minimum Gasteiger partial charge on any atom is -0.453 e. The summed E-state index contributed by atoms with van der Waals surface area (Å²) in [5, 5.41) is 1.92. The summed E-state index contributed by atoms with van der Waals surface area (Å²) in [6.07, 6.45) is -1.50. The number of carbonyl (C=O) groups excluding carboxylic acids is 2. The third-order valence-corrected chi connectivity index (χ3v) is 4.49. The monoisotopic (exact) mass is 394 g/mol. The lowest BCUT2D eigenvalue weighted by molar-refractivity contribution is -0.202. The molecule has 1 saturated heterocycles. The average molecular weight is 395 g/mol. The zero-order valence-corrected chi connectivity index (χ0v) is 15.4. The summed E-state index contributed by atoms with van der Waals surface area (Å²) in [7, 11) is 1.25. The molecule has 0 saturated carbocycles. The molecule has 1 aliphatic rings. The number of benzene rings is 2. The Morgan fingerprint density at radius 2 is 1.92 bits per heavy atom. The van der Waals surface area contributed by atoms with Crippen LogP contribution in [0.1, 0.15) is 17.3 Å². The van der Waals surface area contributed by atoms with Crippen LogP contribution >= 0.6 is 23.2 Å². The lowest BCUT2D eigenvalue weighted by atomic mass is 10.1. The van der Waals surface area contributed by atoms with E-state index in [1.165, 1.54) is 12.0 Å². The first-order valence-corrected chi connectivity index (χ1v) is 8.55. The van der Waals surface area contributed by atoms with Crippen molar-refractivity contribution in [1.82, 2.24) is 9.96 Å². The highest BCUT2D eigenvalue weighted by Gasteiger charge is 2.44. The molecule has 0 radical (unpaired) electrons. The molecule has 2 amide bonds. The van der Waals surface area contributed by atoms with Gasteiger partial charge in [0.15, 0.2) is 6.17 Å². The smallest absolute Gasteiger partial charge is 0.411 e. The van der Waals surface area contributed by atoms with Crippen LogP contribution in [-0.4, -0.2) is 35.6 Å². The quantitative estimate of drug-likeness (QED) is 0.784. The molecule has 6 nitrogen and oxygen atoms in total. The van der Waals surface area contributed by atoms with E-state index in [0.717, 1.165) is 10.6 Å². The molecular formula is C18H16Cl2N2O4. The molecule has 0 aromatic heterocycles. The Kier molecular flexibility index (Phi) is 5.66. The molecule has 2 aromatic rings. The van der Waals surface area contributed by atoms with E-state index in [4.69, 9.17) is 32.8 Å². The number of halogens is 2.